The summed E-state index contributed by atoms with van der Waals surface area (Å²) >= 11 is 0. The summed E-state index contributed by atoms with van der Waals surface area (Å²) in [5.74, 6) is -0.197. The molecule has 0 saturated carbocycles. The van der Waals surface area contributed by atoms with Gasteiger partial charge in [-0.15, -0.1) is 0 Å². The van der Waals surface area contributed by atoms with Crippen LogP contribution in [0.4, 0.5) is 0 Å². The summed E-state index contributed by atoms with van der Waals surface area (Å²) in [5, 5.41) is 2.71. The van der Waals surface area contributed by atoms with E-state index in [-0.39, 0.29) is 12.1 Å². The van der Waals surface area contributed by atoms with E-state index in [0.29, 0.717) is 18.8 Å². The van der Waals surface area contributed by atoms with E-state index in [9.17, 15) is 4.79 Å². The Morgan fingerprint density at radius 3 is 2.62 bits per heavy atom. The third-order valence-electron chi connectivity index (χ3n) is 2.06. The quantitative estimate of drug-likeness (QED) is 0.373. The van der Waals surface area contributed by atoms with Crippen molar-refractivity contribution in [2.45, 2.75) is 39.3 Å². The van der Waals surface area contributed by atoms with E-state index in [1.165, 1.54) is 0 Å². The van der Waals surface area contributed by atoms with E-state index in [4.69, 9.17) is 9.47 Å². The number of methoxy groups -OCH3 is 1. The molecule has 94 valence electrons. The number of rotatable bonds is 9. The first kappa shape index (κ1) is 15.1. The number of hydrogen-bond donors (Lipinski definition) is 1. The molecule has 0 aliphatic carbocycles. The molecule has 0 aromatic carbocycles. The monoisotopic (exact) mass is 229 g/mol. The van der Waals surface area contributed by atoms with Gasteiger partial charge in [-0.3, -0.25) is 4.79 Å². The Bertz CT molecular complexity index is 216. The third-order valence-corrected chi connectivity index (χ3v) is 2.06. The molecule has 0 aromatic rings. The molecular formula is C12H23NO3. The lowest BCUT2D eigenvalue weighted by Crippen LogP contribution is -2.40. The van der Waals surface area contributed by atoms with Crippen LogP contribution in [0.2, 0.25) is 0 Å². The molecular weight excluding hydrogens is 206 g/mol. The highest BCUT2D eigenvalue weighted by molar-refractivity contribution is 5.92. The summed E-state index contributed by atoms with van der Waals surface area (Å²) in [6.07, 6.45) is 2.90. The van der Waals surface area contributed by atoms with Gasteiger partial charge in [0.05, 0.1) is 6.61 Å². The molecule has 1 atom stereocenters. The van der Waals surface area contributed by atoms with Gasteiger partial charge in [-0.05, 0) is 13.3 Å². The van der Waals surface area contributed by atoms with Gasteiger partial charge in [-0.1, -0.05) is 26.3 Å². The molecule has 16 heavy (non-hydrogen) atoms. The Hall–Kier alpha value is -0.870. The minimum atomic E-state index is -0.383. The van der Waals surface area contributed by atoms with Crippen molar-refractivity contribution in [2.24, 2.45) is 0 Å². The predicted molar refractivity (Wildman–Crippen MR) is 64.1 cm³/mol. The van der Waals surface area contributed by atoms with E-state index < -0.39 is 0 Å². The van der Waals surface area contributed by atoms with Crippen LogP contribution in [-0.4, -0.2) is 32.5 Å². The second-order valence-electron chi connectivity index (χ2n) is 3.78. The molecule has 1 unspecified atom stereocenters. The maximum absolute atomic E-state index is 11.4. The minimum absolute atomic E-state index is 0.197. The van der Waals surface area contributed by atoms with Crippen LogP contribution in [-0.2, 0) is 14.3 Å². The normalized spacial score (nSPS) is 12.2. The van der Waals surface area contributed by atoms with Crippen LogP contribution in [0.15, 0.2) is 12.2 Å². The molecule has 0 spiro atoms. The topological polar surface area (TPSA) is 47.6 Å². The molecule has 1 amide bonds. The number of ether oxygens (including phenoxy) is 2. The predicted octanol–water partition coefficient (Wildman–Crippen LogP) is 1.86. The molecule has 0 heterocycles. The van der Waals surface area contributed by atoms with Gasteiger partial charge >= 0.3 is 0 Å². The van der Waals surface area contributed by atoms with Gasteiger partial charge in [-0.25, -0.2) is 0 Å². The van der Waals surface area contributed by atoms with Crippen LogP contribution in [0.1, 0.15) is 33.1 Å². The highest BCUT2D eigenvalue weighted by Gasteiger charge is 2.12. The zero-order valence-corrected chi connectivity index (χ0v) is 10.5. The van der Waals surface area contributed by atoms with E-state index in [2.05, 4.69) is 18.8 Å². The lowest BCUT2D eigenvalue weighted by molar-refractivity contribution is -0.123. The lowest BCUT2D eigenvalue weighted by atomic mass is 10.3. The smallest absolute Gasteiger partial charge is 0.248 e. The minimum Gasteiger partial charge on any atom is -0.380 e. The van der Waals surface area contributed by atoms with Gasteiger partial charge in [0.15, 0.2) is 6.23 Å². The number of hydrogen-bond acceptors (Lipinski definition) is 3. The summed E-state index contributed by atoms with van der Waals surface area (Å²) in [6.45, 7) is 8.36. The van der Waals surface area contributed by atoms with Crippen molar-refractivity contribution in [3.05, 3.63) is 12.2 Å². The van der Waals surface area contributed by atoms with E-state index in [1.54, 1.807) is 14.0 Å². The summed E-state index contributed by atoms with van der Waals surface area (Å²) in [6, 6.07) is 0. The zero-order valence-electron chi connectivity index (χ0n) is 10.5. The van der Waals surface area contributed by atoms with Crippen molar-refractivity contribution in [1.82, 2.24) is 5.32 Å². The molecule has 0 aliphatic heterocycles. The van der Waals surface area contributed by atoms with Gasteiger partial charge in [0.25, 0.3) is 0 Å². The van der Waals surface area contributed by atoms with Crippen molar-refractivity contribution in [3.63, 3.8) is 0 Å². The summed E-state index contributed by atoms with van der Waals surface area (Å²) in [7, 11) is 1.58. The SMILES string of the molecule is C=C(C)C(=O)NC(COC)OCCCCC. The van der Waals surface area contributed by atoms with Crippen molar-refractivity contribution in [3.8, 4) is 0 Å². The Balaban J connectivity index is 3.87. The highest BCUT2D eigenvalue weighted by Crippen LogP contribution is 1.98. The molecule has 0 fully saturated rings. The van der Waals surface area contributed by atoms with Crippen LogP contribution in [0.3, 0.4) is 0 Å². The molecule has 0 aromatic heterocycles. The fourth-order valence-electron chi connectivity index (χ4n) is 1.13. The number of carbonyl (C=O) groups excluding carboxylic acids is 1. The first-order valence-corrected chi connectivity index (χ1v) is 5.68. The largest absolute Gasteiger partial charge is 0.380 e. The number of nitrogens with one attached hydrogen (secondary N) is 1. The summed E-state index contributed by atoms with van der Waals surface area (Å²) in [4.78, 5) is 11.4. The van der Waals surface area contributed by atoms with E-state index in [0.717, 1.165) is 19.3 Å². The van der Waals surface area contributed by atoms with Gasteiger partial charge in [-0.2, -0.15) is 0 Å². The van der Waals surface area contributed by atoms with Crippen LogP contribution in [0.25, 0.3) is 0 Å². The third kappa shape index (κ3) is 7.43. The number of unbranched alkanes of at least 4 members (excludes halogenated alkanes) is 2. The Morgan fingerprint density at radius 1 is 1.44 bits per heavy atom. The fourth-order valence-corrected chi connectivity index (χ4v) is 1.13. The van der Waals surface area contributed by atoms with Crippen molar-refractivity contribution >= 4 is 5.91 Å². The Morgan fingerprint density at radius 2 is 2.12 bits per heavy atom. The number of carbonyl (C=O) groups is 1. The molecule has 4 heteroatoms. The summed E-state index contributed by atoms with van der Waals surface area (Å²) in [5.41, 5.74) is 0.471. The van der Waals surface area contributed by atoms with Gasteiger partial charge in [0.2, 0.25) is 5.91 Å². The van der Waals surface area contributed by atoms with Crippen LogP contribution in [0.5, 0.6) is 0 Å². The maximum atomic E-state index is 11.4. The molecule has 0 bridgehead atoms. The average Bonchev–Trinajstić information content (AvgIpc) is 2.24. The fraction of sp³-hybridized carbons (Fsp3) is 0.750. The van der Waals surface area contributed by atoms with Crippen molar-refractivity contribution in [2.75, 3.05) is 20.3 Å². The van der Waals surface area contributed by atoms with Crippen LogP contribution in [0, 0.1) is 0 Å². The van der Waals surface area contributed by atoms with Gasteiger partial charge < -0.3 is 14.8 Å². The first-order valence-electron chi connectivity index (χ1n) is 5.68. The lowest BCUT2D eigenvalue weighted by Gasteiger charge is -2.18. The average molecular weight is 229 g/mol. The molecule has 0 saturated heterocycles. The second kappa shape index (κ2) is 9.36. The van der Waals surface area contributed by atoms with Crippen molar-refractivity contribution < 1.29 is 14.3 Å². The Kier molecular flexibility index (Phi) is 8.85. The first-order chi connectivity index (χ1) is 7.61. The highest BCUT2D eigenvalue weighted by atomic mass is 16.5. The van der Waals surface area contributed by atoms with Crippen molar-refractivity contribution in [1.29, 1.82) is 0 Å². The van der Waals surface area contributed by atoms with Gasteiger partial charge in [0, 0.05) is 19.3 Å². The standard InChI is InChI=1S/C12H23NO3/c1-5-6-7-8-16-11(9-15-4)13-12(14)10(2)3/h11H,2,5-9H2,1,3-4H3,(H,13,14). The Labute approximate surface area is 98.0 Å². The molecule has 1 N–H and O–H groups in total. The molecule has 0 aliphatic rings. The van der Waals surface area contributed by atoms with E-state index >= 15 is 0 Å². The summed E-state index contributed by atoms with van der Waals surface area (Å²) < 4.78 is 10.5. The number of amides is 1. The van der Waals surface area contributed by atoms with Crippen LogP contribution >= 0.6 is 0 Å². The van der Waals surface area contributed by atoms with E-state index in [1.807, 2.05) is 0 Å². The zero-order chi connectivity index (χ0) is 12.4. The van der Waals surface area contributed by atoms with Crippen LogP contribution < -0.4 is 5.32 Å². The maximum Gasteiger partial charge on any atom is 0.248 e. The molecule has 0 radical (unpaired) electrons. The van der Waals surface area contributed by atoms with Gasteiger partial charge in [0.1, 0.15) is 0 Å². The molecule has 4 nitrogen and oxygen atoms in total. The second-order valence-corrected chi connectivity index (χ2v) is 3.78. The molecule has 0 rings (SSSR count).